The van der Waals surface area contributed by atoms with Crippen molar-refractivity contribution < 1.29 is 14.9 Å². The van der Waals surface area contributed by atoms with Gasteiger partial charge < -0.3 is 20.4 Å². The number of rotatable bonds is 4. The molecule has 3 aromatic carbocycles. The molecule has 0 bridgehead atoms. The summed E-state index contributed by atoms with van der Waals surface area (Å²) in [6.07, 6.45) is 0. The highest BCUT2D eigenvalue weighted by Gasteiger charge is 2.22. The van der Waals surface area contributed by atoms with E-state index < -0.39 is 0 Å². The lowest BCUT2D eigenvalue weighted by Gasteiger charge is -2.26. The van der Waals surface area contributed by atoms with Crippen LogP contribution in [-0.4, -0.2) is 16.8 Å². The van der Waals surface area contributed by atoms with Gasteiger partial charge in [0.1, 0.15) is 23.9 Å². The van der Waals surface area contributed by atoms with Crippen LogP contribution in [-0.2, 0) is 0 Å². The number of aromatic hydroxyl groups is 2. The van der Waals surface area contributed by atoms with Gasteiger partial charge >= 0.3 is 0 Å². The second-order valence-electron chi connectivity index (χ2n) is 6.31. The molecule has 0 saturated heterocycles. The van der Waals surface area contributed by atoms with Crippen molar-refractivity contribution in [3.63, 3.8) is 0 Å². The molecule has 0 spiro atoms. The van der Waals surface area contributed by atoms with Gasteiger partial charge in [-0.2, -0.15) is 5.26 Å². The number of benzene rings is 3. The van der Waals surface area contributed by atoms with E-state index in [1.807, 2.05) is 24.3 Å². The quantitative estimate of drug-likeness (QED) is 0.520. The zero-order valence-electron chi connectivity index (χ0n) is 14.8. The number of phenols is 2. The Kier molecular flexibility index (Phi) is 4.48. The van der Waals surface area contributed by atoms with Crippen molar-refractivity contribution in [2.45, 2.75) is 0 Å². The van der Waals surface area contributed by atoms with E-state index in [4.69, 9.17) is 10.00 Å². The van der Waals surface area contributed by atoms with Crippen LogP contribution in [0.2, 0.25) is 0 Å². The zero-order valence-corrected chi connectivity index (χ0v) is 14.8. The SMILES string of the molecule is N#Cc1ccc(NNC2=C(c3ccc(O)cc3)COc3cc(O)ccc32)cc1. The molecule has 0 saturated carbocycles. The average Bonchev–Trinajstić information content (AvgIpc) is 2.73. The molecule has 4 rings (SSSR count). The Hall–Kier alpha value is -4.11. The molecule has 0 radical (unpaired) electrons. The van der Waals surface area contributed by atoms with E-state index in [0.717, 1.165) is 28.1 Å². The highest BCUT2D eigenvalue weighted by atomic mass is 16.5. The summed E-state index contributed by atoms with van der Waals surface area (Å²) in [6.45, 7) is 0.304. The fourth-order valence-corrected chi connectivity index (χ4v) is 3.02. The first kappa shape index (κ1) is 17.3. The van der Waals surface area contributed by atoms with Gasteiger partial charge in [0.2, 0.25) is 0 Å². The Morgan fingerprint density at radius 2 is 1.57 bits per heavy atom. The number of anilines is 1. The Morgan fingerprint density at radius 3 is 2.29 bits per heavy atom. The van der Waals surface area contributed by atoms with E-state index in [1.165, 1.54) is 0 Å². The number of ether oxygens (including phenoxy) is 1. The predicted octanol–water partition coefficient (Wildman–Crippen LogP) is 3.85. The van der Waals surface area contributed by atoms with Crippen molar-refractivity contribution in [1.29, 1.82) is 5.26 Å². The molecule has 0 fully saturated rings. The maximum Gasteiger partial charge on any atom is 0.132 e. The standard InChI is InChI=1S/C22H17N3O3/c23-12-14-1-5-16(6-2-14)24-25-22-19-10-9-18(27)11-21(19)28-13-20(22)15-3-7-17(26)8-4-15/h1-11,24-27H,13H2. The smallest absolute Gasteiger partial charge is 0.132 e. The third-order valence-electron chi connectivity index (χ3n) is 4.47. The molecule has 6 heteroatoms. The van der Waals surface area contributed by atoms with Crippen molar-refractivity contribution in [1.82, 2.24) is 5.43 Å². The first-order valence-electron chi connectivity index (χ1n) is 8.65. The number of nitrogens with zero attached hydrogens (tertiary/aromatic N) is 1. The summed E-state index contributed by atoms with van der Waals surface area (Å²) in [5.41, 5.74) is 11.2. The Balaban J connectivity index is 1.72. The molecule has 0 atom stereocenters. The Labute approximate surface area is 161 Å². The monoisotopic (exact) mass is 371 g/mol. The predicted molar refractivity (Wildman–Crippen MR) is 106 cm³/mol. The van der Waals surface area contributed by atoms with E-state index in [9.17, 15) is 10.2 Å². The summed E-state index contributed by atoms with van der Waals surface area (Å²) in [5.74, 6) is 0.898. The average molecular weight is 371 g/mol. The molecule has 0 aliphatic carbocycles. The van der Waals surface area contributed by atoms with Gasteiger partial charge in [-0.05, 0) is 54.1 Å². The second-order valence-corrected chi connectivity index (χ2v) is 6.31. The molecular formula is C22H17N3O3. The number of hydrazine groups is 1. The lowest BCUT2D eigenvalue weighted by Crippen LogP contribution is -2.25. The van der Waals surface area contributed by atoms with Crippen LogP contribution < -0.4 is 15.6 Å². The largest absolute Gasteiger partial charge is 0.508 e. The Bertz CT molecular complexity index is 1080. The molecule has 28 heavy (non-hydrogen) atoms. The lowest BCUT2D eigenvalue weighted by atomic mass is 9.97. The summed E-state index contributed by atoms with van der Waals surface area (Å²) in [6, 6.07) is 21.0. The molecule has 1 heterocycles. The van der Waals surface area contributed by atoms with Crippen molar-refractivity contribution in [2.24, 2.45) is 0 Å². The van der Waals surface area contributed by atoms with Crippen molar-refractivity contribution in [3.05, 3.63) is 83.4 Å². The third-order valence-corrected chi connectivity index (χ3v) is 4.47. The number of nitriles is 1. The summed E-state index contributed by atoms with van der Waals surface area (Å²) >= 11 is 0. The van der Waals surface area contributed by atoms with Crippen LogP contribution in [0, 0.1) is 11.3 Å². The van der Waals surface area contributed by atoms with Crippen LogP contribution in [0.5, 0.6) is 17.2 Å². The van der Waals surface area contributed by atoms with E-state index >= 15 is 0 Å². The number of hydrogen-bond donors (Lipinski definition) is 4. The van der Waals surface area contributed by atoms with Crippen LogP contribution in [0.3, 0.4) is 0 Å². The third kappa shape index (κ3) is 3.41. The number of phenolic OH excluding ortho intramolecular Hbond substituents is 2. The van der Waals surface area contributed by atoms with Gasteiger partial charge in [0, 0.05) is 17.2 Å². The van der Waals surface area contributed by atoms with E-state index in [1.54, 1.807) is 42.5 Å². The zero-order chi connectivity index (χ0) is 19.5. The highest BCUT2D eigenvalue weighted by Crippen LogP contribution is 2.37. The first-order chi connectivity index (χ1) is 13.6. The summed E-state index contributed by atoms with van der Waals surface area (Å²) in [7, 11) is 0. The van der Waals surface area contributed by atoms with Crippen LogP contribution in [0.1, 0.15) is 16.7 Å². The molecule has 1 aliphatic rings. The number of hydrogen-bond acceptors (Lipinski definition) is 6. The summed E-state index contributed by atoms with van der Waals surface area (Å²) < 4.78 is 5.83. The normalized spacial score (nSPS) is 12.5. The summed E-state index contributed by atoms with van der Waals surface area (Å²) in [5, 5.41) is 28.3. The molecular weight excluding hydrogens is 354 g/mol. The van der Waals surface area contributed by atoms with Crippen LogP contribution >= 0.6 is 0 Å². The van der Waals surface area contributed by atoms with Crippen LogP contribution in [0.4, 0.5) is 5.69 Å². The molecule has 0 aromatic heterocycles. The molecule has 138 valence electrons. The van der Waals surface area contributed by atoms with Crippen LogP contribution in [0.25, 0.3) is 11.3 Å². The minimum atomic E-state index is 0.131. The van der Waals surface area contributed by atoms with Gasteiger partial charge in [0.15, 0.2) is 0 Å². The minimum Gasteiger partial charge on any atom is -0.508 e. The van der Waals surface area contributed by atoms with Crippen molar-refractivity contribution in [2.75, 3.05) is 12.0 Å². The van der Waals surface area contributed by atoms with E-state index in [-0.39, 0.29) is 11.5 Å². The maximum absolute atomic E-state index is 9.76. The number of fused-ring (bicyclic) bond motifs is 1. The molecule has 0 unspecified atom stereocenters. The molecule has 3 aromatic rings. The minimum absolute atomic E-state index is 0.131. The van der Waals surface area contributed by atoms with Crippen molar-refractivity contribution in [3.8, 4) is 23.3 Å². The van der Waals surface area contributed by atoms with Gasteiger partial charge in [-0.25, -0.2) is 0 Å². The number of nitrogens with one attached hydrogen (secondary N) is 2. The fourth-order valence-electron chi connectivity index (χ4n) is 3.02. The van der Waals surface area contributed by atoms with Crippen LogP contribution in [0.15, 0.2) is 66.7 Å². The lowest BCUT2D eigenvalue weighted by molar-refractivity contribution is 0.360. The van der Waals surface area contributed by atoms with E-state index in [2.05, 4.69) is 16.9 Å². The molecule has 0 amide bonds. The van der Waals surface area contributed by atoms with Gasteiger partial charge in [-0.1, -0.05) is 12.1 Å². The van der Waals surface area contributed by atoms with Gasteiger partial charge in [0.05, 0.1) is 23.0 Å². The van der Waals surface area contributed by atoms with Crippen molar-refractivity contribution >= 4 is 17.0 Å². The topological polar surface area (TPSA) is 97.5 Å². The molecule has 4 N–H and O–H groups in total. The highest BCUT2D eigenvalue weighted by molar-refractivity contribution is 5.94. The fraction of sp³-hybridized carbons (Fsp3) is 0.0455. The molecule has 1 aliphatic heterocycles. The first-order valence-corrected chi connectivity index (χ1v) is 8.65. The maximum atomic E-state index is 9.76. The molecule has 6 nitrogen and oxygen atoms in total. The second kappa shape index (κ2) is 7.25. The van der Waals surface area contributed by atoms with E-state index in [0.29, 0.717) is 17.9 Å². The van der Waals surface area contributed by atoms with Gasteiger partial charge in [-0.3, -0.25) is 5.43 Å². The Morgan fingerprint density at radius 1 is 0.857 bits per heavy atom. The van der Waals surface area contributed by atoms with Gasteiger partial charge in [-0.15, -0.1) is 0 Å². The summed E-state index contributed by atoms with van der Waals surface area (Å²) in [4.78, 5) is 0. The van der Waals surface area contributed by atoms with Gasteiger partial charge in [0.25, 0.3) is 0 Å².